The zero-order chi connectivity index (χ0) is 105. The molecular formula is C72H114N6O12. The Morgan fingerprint density at radius 1 is 0.456 bits per heavy atom. The Bertz CT molecular complexity index is 4520. The molecule has 6 N–H and O–H groups in total. The second-order valence-electron chi connectivity index (χ2n) is 22.4. The van der Waals surface area contributed by atoms with Gasteiger partial charge in [0.1, 0.15) is 36.4 Å². The number of nitrogens with zero attached hydrogens (tertiary/aromatic N) is 3. The predicted molar refractivity (Wildman–Crippen MR) is 353 cm³/mol. The number of esters is 3. The van der Waals surface area contributed by atoms with Crippen LogP contribution in [0.15, 0.2) is 36.4 Å². The summed E-state index contributed by atoms with van der Waals surface area (Å²) in [6.07, 6.45) is -13.2. The van der Waals surface area contributed by atoms with Gasteiger partial charge in [-0.2, -0.15) is 0 Å². The van der Waals surface area contributed by atoms with Gasteiger partial charge in [0, 0.05) is 148 Å². The number of carbonyl (C=O) groups excluding carboxylic acids is 3. The number of piperidine rings is 3. The lowest BCUT2D eigenvalue weighted by Gasteiger charge is -2.47. The molecule has 18 nitrogen and oxygen atoms in total. The van der Waals surface area contributed by atoms with E-state index in [0.717, 1.165) is 31.9 Å². The minimum atomic E-state index is -3.91. The van der Waals surface area contributed by atoms with Crippen LogP contribution in [0.3, 0.4) is 0 Å². The van der Waals surface area contributed by atoms with Crippen LogP contribution in [0.2, 0.25) is 0 Å². The number of ether oxygens (including phenoxy) is 9. The molecule has 15 atom stereocenters. The van der Waals surface area contributed by atoms with Gasteiger partial charge < -0.3 is 59.8 Å². The Labute approximate surface area is 602 Å². The molecule has 3 fully saturated rings. The second kappa shape index (κ2) is 32.5. The van der Waals surface area contributed by atoms with Gasteiger partial charge in [-0.15, -0.1) is 0 Å². The van der Waals surface area contributed by atoms with Crippen molar-refractivity contribution in [2.45, 2.75) is 195 Å². The number of rotatable bonds is 21. The van der Waals surface area contributed by atoms with Crippen molar-refractivity contribution in [2.24, 2.45) is 70.3 Å². The fourth-order valence-corrected chi connectivity index (χ4v) is 12.5. The van der Waals surface area contributed by atoms with Crippen molar-refractivity contribution in [3.05, 3.63) is 69.8 Å². The molecule has 12 unspecified atom stereocenters. The molecule has 0 saturated carbocycles. The topological polar surface area (TPSA) is 222 Å². The largest absolute Gasteiger partial charge is 0.493 e. The van der Waals surface area contributed by atoms with Gasteiger partial charge >= 0.3 is 17.9 Å². The first-order valence-corrected chi connectivity index (χ1v) is 28.9. The smallest absolute Gasteiger partial charge is 0.323 e. The molecule has 18 heteroatoms. The Kier molecular flexibility index (Phi) is 11.6. The van der Waals surface area contributed by atoms with Crippen molar-refractivity contribution >= 4 is 17.9 Å². The van der Waals surface area contributed by atoms with Crippen LogP contribution in [-0.4, -0.2) is 151 Å². The number of carbonyl (C=O) groups is 3. The average Bonchev–Trinajstić information content (AvgIpc) is 0.719. The highest BCUT2D eigenvalue weighted by atomic mass is 16.6. The first-order valence-electron chi connectivity index (χ1n) is 51.4. The Morgan fingerprint density at radius 2 is 0.722 bits per heavy atom. The lowest BCUT2D eigenvalue weighted by atomic mass is 9.79. The van der Waals surface area contributed by atoms with Crippen LogP contribution >= 0.6 is 0 Å². The zero-order valence-electron chi connectivity index (χ0n) is 96.6. The summed E-state index contributed by atoms with van der Waals surface area (Å²) < 4.78 is 409. The summed E-state index contributed by atoms with van der Waals surface area (Å²) in [6.45, 7) is -29.3. The Hall–Kier alpha value is -5.37. The van der Waals surface area contributed by atoms with Crippen molar-refractivity contribution in [2.75, 3.05) is 81.9 Å². The van der Waals surface area contributed by atoms with Gasteiger partial charge in [-0.3, -0.25) is 29.1 Å². The molecule has 0 spiro atoms. The number of nitrogens with two attached hydrogens (primary N) is 3. The minimum Gasteiger partial charge on any atom is -0.493 e. The average molecular weight is 1300 g/mol. The lowest BCUT2D eigenvalue weighted by molar-refractivity contribution is -0.161. The number of hydrogen-bond donors (Lipinski definition) is 3. The molecule has 0 aromatic heterocycles. The third kappa shape index (κ3) is 17.5. The lowest BCUT2D eigenvalue weighted by Crippen LogP contribution is -2.51. The molecule has 3 aromatic rings. The molecule has 90 heavy (non-hydrogen) atoms. The molecule has 6 aliphatic rings. The highest BCUT2D eigenvalue weighted by Gasteiger charge is 2.45. The summed E-state index contributed by atoms with van der Waals surface area (Å²) in [5, 5.41) is 0. The molecule has 504 valence electrons. The Morgan fingerprint density at radius 3 is 0.967 bits per heavy atom. The summed E-state index contributed by atoms with van der Waals surface area (Å²) in [6, 6.07) is -3.21. The number of fused-ring (bicyclic) bond motifs is 9. The van der Waals surface area contributed by atoms with E-state index in [2.05, 4.69) is 0 Å². The van der Waals surface area contributed by atoms with E-state index in [0.29, 0.717) is 77.6 Å². The fourth-order valence-electron chi connectivity index (χ4n) is 12.5. The monoisotopic (exact) mass is 1300 g/mol. The standard InChI is InChI=1S/3C24H38N2O4/c3*1-14(2)9-17-13-26-8-7-16-10-21(28-5)22(29-6)11-18(16)19(26)12-20(17)30-24(27)23(25)15(3)4/h3*10-11,14-15,17,19-20,23H,7-9,12-13,25H2,1-6H3/t3*17?,19?,20?,23-/m000/s1/i1D3,3D3,4D3,5D3,9D2,14D,15D,23D;2*1D3,3D3,4D3,9D2,14D,15D,23D/t3*14?,17?,19?,20?,23-. The number of methoxy groups -OCH3 is 6. The maximum Gasteiger partial charge on any atom is 0.323 e. The number of benzene rings is 3. The highest BCUT2D eigenvalue weighted by molar-refractivity contribution is 5.77. The summed E-state index contributed by atoms with van der Waals surface area (Å²) >= 11 is 0. The normalized spacial score (nSPS) is 37.5. The summed E-state index contributed by atoms with van der Waals surface area (Å²) in [7, 11) is 4.27. The first kappa shape index (κ1) is 32.2. The quantitative estimate of drug-likeness (QED) is 0.0666. The van der Waals surface area contributed by atoms with Gasteiger partial charge in [0.25, 0.3) is 0 Å². The van der Waals surface area contributed by atoms with Crippen LogP contribution in [0.4, 0.5) is 0 Å². The third-order valence-corrected chi connectivity index (χ3v) is 16.7. The fraction of sp³-hybridized carbons (Fsp3) is 0.708. The molecule has 9 rings (SSSR count). The highest BCUT2D eigenvalue weighted by Crippen LogP contribution is 2.48. The molecule has 6 aliphatic heterocycles. The van der Waals surface area contributed by atoms with E-state index in [4.69, 9.17) is 122 Å². The van der Waals surface area contributed by atoms with E-state index < -0.39 is 213 Å². The van der Waals surface area contributed by atoms with Crippen LogP contribution < -0.4 is 45.6 Å². The third-order valence-electron chi connectivity index (χ3n) is 16.7. The van der Waals surface area contributed by atoms with E-state index in [9.17, 15) is 14.4 Å². The zero-order valence-corrected chi connectivity index (χ0v) is 51.6. The molecule has 3 aromatic carbocycles. The summed E-state index contributed by atoms with van der Waals surface area (Å²) in [4.78, 5) is 46.0. The SMILES string of the molecule is [2H]C([2H])([2H])C([2H])(C)C([2H])([2H])C1CN2CCc3cc(OC)c(OC)cc3C2CC1OC(=O)[C@@]([2H])(N)C([2H])(C([2H])([2H])[2H])C([2H])([2H])[2H].[2H]C([2H])([2H])C([2H])(C)C([2H])([2H])C1CN2CCc3cc(OC)c(OC)cc3C2CC1OC(=O)[C@@]([2H])(N)C([2H])(C([2H])([2H])[2H])C([2H])([2H])[2H].[2H]C([2H])([2H])Oc1cc2c(cc1OC)C1CC(OC(=O)[C@@]([2H])(N)C([2H])(C([2H])([2H])[2H])C([2H])([2H])[2H])C(C([2H])([2H])C([2H])(C)C([2H])([2H])[2H])CN1CC2. The van der Waals surface area contributed by atoms with Crippen molar-refractivity contribution in [1.82, 2.24) is 14.7 Å². The van der Waals surface area contributed by atoms with Crippen LogP contribution in [0.5, 0.6) is 34.5 Å². The van der Waals surface area contributed by atoms with Gasteiger partial charge in [0.05, 0.1) is 50.8 Å². The summed E-state index contributed by atoms with van der Waals surface area (Å²) in [5.41, 5.74) is 21.4. The van der Waals surface area contributed by atoms with Gasteiger partial charge in [-0.25, -0.2) is 0 Å². The van der Waals surface area contributed by atoms with Crippen molar-refractivity contribution in [3.63, 3.8) is 0 Å². The summed E-state index contributed by atoms with van der Waals surface area (Å²) in [5.74, 6) is -28.7. The maximum atomic E-state index is 13.5. The Balaban J connectivity index is 0.000000276. The molecule has 0 radical (unpaired) electrons. The first-order chi connectivity index (χ1) is 60.2. The van der Waals surface area contributed by atoms with Crippen molar-refractivity contribution < 1.29 is 119 Å². The van der Waals surface area contributed by atoms with Crippen molar-refractivity contribution in [3.8, 4) is 34.5 Å². The van der Waals surface area contributed by atoms with Crippen molar-refractivity contribution in [1.29, 1.82) is 0 Å². The van der Waals surface area contributed by atoms with Crippen LogP contribution in [0, 0.1) is 53.1 Å². The van der Waals surface area contributed by atoms with Gasteiger partial charge in [0.2, 0.25) is 0 Å². The molecule has 0 aliphatic carbocycles. The van der Waals surface area contributed by atoms with Gasteiger partial charge in [0.15, 0.2) is 34.5 Å². The van der Waals surface area contributed by atoms with E-state index >= 15 is 0 Å². The second-order valence-corrected chi connectivity index (χ2v) is 22.4. The number of hydrogen-bond acceptors (Lipinski definition) is 18. The van der Waals surface area contributed by atoms with Gasteiger partial charge in [-0.1, -0.05) is 82.4 Å². The van der Waals surface area contributed by atoms with Crippen LogP contribution in [0.1, 0.15) is 234 Å². The molecular weight excluding hydrogens is 1140 g/mol. The van der Waals surface area contributed by atoms with E-state index in [1.54, 1.807) is 29.2 Å². The maximum absolute atomic E-state index is 13.5. The minimum absolute atomic E-state index is 0.0235. The molecule has 0 amide bonds. The molecule has 3 saturated heterocycles. The molecule has 0 bridgehead atoms. The molecule has 6 heterocycles. The van der Waals surface area contributed by atoms with E-state index in [1.807, 2.05) is 9.80 Å². The predicted octanol–water partition coefficient (Wildman–Crippen LogP) is 10.7. The van der Waals surface area contributed by atoms with Gasteiger partial charge in [-0.05, 0) is 144 Å². The van der Waals surface area contributed by atoms with E-state index in [-0.39, 0.29) is 56.9 Å². The van der Waals surface area contributed by atoms with Crippen LogP contribution in [0.25, 0.3) is 0 Å². The van der Waals surface area contributed by atoms with Crippen LogP contribution in [-0.2, 0) is 47.9 Å². The van der Waals surface area contributed by atoms with E-state index in [1.165, 1.54) is 47.7 Å².